The van der Waals surface area contributed by atoms with Gasteiger partial charge in [-0.3, -0.25) is 4.79 Å². The maximum absolute atomic E-state index is 12.3. The summed E-state index contributed by atoms with van der Waals surface area (Å²) in [5.41, 5.74) is 0.278. The van der Waals surface area contributed by atoms with Crippen molar-refractivity contribution in [2.24, 2.45) is 0 Å². The molecule has 0 bridgehead atoms. The summed E-state index contributed by atoms with van der Waals surface area (Å²) >= 11 is 0. The van der Waals surface area contributed by atoms with E-state index in [1.165, 1.54) is 4.31 Å². The number of aromatic nitrogens is 1. The van der Waals surface area contributed by atoms with Crippen molar-refractivity contribution >= 4 is 15.9 Å². The Bertz CT molecular complexity index is 611. The van der Waals surface area contributed by atoms with Crippen molar-refractivity contribution in [1.29, 1.82) is 0 Å². The van der Waals surface area contributed by atoms with E-state index < -0.39 is 10.0 Å². The van der Waals surface area contributed by atoms with Crippen LogP contribution >= 0.6 is 0 Å². The molecule has 0 unspecified atom stereocenters. The first-order chi connectivity index (χ1) is 10.4. The first kappa shape index (κ1) is 17.0. The molecule has 0 radical (unpaired) electrons. The quantitative estimate of drug-likeness (QED) is 0.812. The molecule has 1 aromatic heterocycles. The number of carbonyl (C=O) groups excluding carboxylic acids is 1. The second-order valence-corrected chi connectivity index (χ2v) is 7.63. The van der Waals surface area contributed by atoms with Crippen molar-refractivity contribution in [2.45, 2.75) is 33.1 Å². The van der Waals surface area contributed by atoms with E-state index in [9.17, 15) is 13.2 Å². The Morgan fingerprint density at radius 1 is 1.32 bits per heavy atom. The summed E-state index contributed by atoms with van der Waals surface area (Å²) in [5.74, 6) is 0.562. The first-order valence-electron chi connectivity index (χ1n) is 7.64. The molecule has 8 heteroatoms. The Hall–Kier alpha value is -1.41. The molecule has 1 saturated heterocycles. The van der Waals surface area contributed by atoms with E-state index in [4.69, 9.17) is 4.52 Å². The Morgan fingerprint density at radius 3 is 2.73 bits per heavy atom. The van der Waals surface area contributed by atoms with Gasteiger partial charge in [0, 0.05) is 32.2 Å². The van der Waals surface area contributed by atoms with Crippen molar-refractivity contribution in [3.8, 4) is 0 Å². The highest BCUT2D eigenvalue weighted by molar-refractivity contribution is 7.89. The maximum atomic E-state index is 12.3. The molecule has 1 fully saturated rings. The summed E-state index contributed by atoms with van der Waals surface area (Å²) in [7, 11) is -3.22. The predicted octanol–water partition coefficient (Wildman–Crippen LogP) is 1.26. The third-order valence-electron chi connectivity index (χ3n) is 3.74. The average Bonchev–Trinajstić information content (AvgIpc) is 2.76. The van der Waals surface area contributed by atoms with Crippen LogP contribution in [0.1, 0.15) is 42.4 Å². The lowest BCUT2D eigenvalue weighted by molar-refractivity contribution is 0.0754. The van der Waals surface area contributed by atoms with Gasteiger partial charge in [0.1, 0.15) is 5.76 Å². The molecule has 0 spiro atoms. The number of sulfonamides is 1. The molecular formula is C14H23N3O4S. The Morgan fingerprint density at radius 2 is 2.09 bits per heavy atom. The van der Waals surface area contributed by atoms with Gasteiger partial charge in [0.15, 0.2) is 5.69 Å². The van der Waals surface area contributed by atoms with Gasteiger partial charge in [0.25, 0.3) is 5.91 Å². The zero-order valence-corrected chi connectivity index (χ0v) is 13.9. The largest absolute Gasteiger partial charge is 0.361 e. The fraction of sp³-hybridized carbons (Fsp3) is 0.714. The molecule has 124 valence electrons. The Labute approximate surface area is 131 Å². The molecule has 0 N–H and O–H groups in total. The Kier molecular flexibility index (Phi) is 5.57. The van der Waals surface area contributed by atoms with E-state index in [0.717, 1.165) is 6.42 Å². The smallest absolute Gasteiger partial charge is 0.276 e. The average molecular weight is 329 g/mol. The van der Waals surface area contributed by atoms with Crippen LogP contribution in [0, 0.1) is 6.92 Å². The van der Waals surface area contributed by atoms with Gasteiger partial charge in [-0.1, -0.05) is 18.5 Å². The molecule has 1 amide bonds. The van der Waals surface area contributed by atoms with E-state index >= 15 is 0 Å². The van der Waals surface area contributed by atoms with Crippen LogP contribution in [0.25, 0.3) is 0 Å². The fourth-order valence-electron chi connectivity index (χ4n) is 2.46. The molecule has 0 aromatic carbocycles. The predicted molar refractivity (Wildman–Crippen MR) is 82.0 cm³/mol. The number of aryl methyl sites for hydroxylation is 1. The molecule has 2 heterocycles. The molecule has 22 heavy (non-hydrogen) atoms. The van der Waals surface area contributed by atoms with Gasteiger partial charge in [-0.2, -0.15) is 0 Å². The number of amides is 1. The second kappa shape index (κ2) is 7.23. The number of unbranched alkanes of at least 4 members (excludes halogenated alkanes) is 1. The van der Waals surface area contributed by atoms with Crippen LogP contribution in [0.15, 0.2) is 10.6 Å². The van der Waals surface area contributed by atoms with E-state index in [0.29, 0.717) is 44.8 Å². The number of carbonyl (C=O) groups is 1. The fourth-order valence-corrected chi connectivity index (χ4v) is 4.14. The minimum Gasteiger partial charge on any atom is -0.361 e. The van der Waals surface area contributed by atoms with E-state index in [2.05, 4.69) is 5.16 Å². The van der Waals surface area contributed by atoms with Crippen molar-refractivity contribution < 1.29 is 17.7 Å². The van der Waals surface area contributed by atoms with Crippen molar-refractivity contribution in [3.63, 3.8) is 0 Å². The monoisotopic (exact) mass is 329 g/mol. The van der Waals surface area contributed by atoms with Crippen molar-refractivity contribution in [3.05, 3.63) is 17.5 Å². The van der Waals surface area contributed by atoms with Crippen molar-refractivity contribution in [1.82, 2.24) is 14.4 Å². The standard InChI is InChI=1S/C14H23N3O4S/c1-3-4-10-22(19,20)17-7-5-6-16(8-9-17)14(18)13-11-12(2)21-15-13/h11H,3-10H2,1-2H3. The summed E-state index contributed by atoms with van der Waals surface area (Å²) in [5, 5.41) is 3.73. The molecule has 1 aliphatic rings. The van der Waals surface area contributed by atoms with Crippen molar-refractivity contribution in [2.75, 3.05) is 31.9 Å². The zero-order valence-electron chi connectivity index (χ0n) is 13.1. The zero-order chi connectivity index (χ0) is 16.2. The molecule has 2 rings (SSSR count). The summed E-state index contributed by atoms with van der Waals surface area (Å²) in [6.45, 7) is 5.43. The SMILES string of the molecule is CCCCS(=O)(=O)N1CCCN(C(=O)c2cc(C)on2)CC1. The van der Waals surface area contributed by atoms with Crippen LogP contribution in [0.2, 0.25) is 0 Å². The van der Waals surface area contributed by atoms with Gasteiger partial charge in [-0.25, -0.2) is 12.7 Å². The Balaban J connectivity index is 1.99. The molecule has 1 aromatic rings. The topological polar surface area (TPSA) is 83.7 Å². The summed E-state index contributed by atoms with van der Waals surface area (Å²) < 4.78 is 30.9. The number of rotatable bonds is 5. The van der Waals surface area contributed by atoms with Crippen LogP contribution < -0.4 is 0 Å². The second-order valence-electron chi connectivity index (χ2n) is 5.54. The molecule has 0 saturated carbocycles. The van der Waals surface area contributed by atoms with Crippen LogP contribution in [0.5, 0.6) is 0 Å². The normalized spacial score (nSPS) is 17.5. The van der Waals surface area contributed by atoms with Crippen LogP contribution in [-0.4, -0.2) is 60.6 Å². The van der Waals surface area contributed by atoms with Gasteiger partial charge in [0.05, 0.1) is 5.75 Å². The summed E-state index contributed by atoms with van der Waals surface area (Å²) in [6.07, 6.45) is 2.15. The number of nitrogens with zero attached hydrogens (tertiary/aromatic N) is 3. The number of hydrogen-bond donors (Lipinski definition) is 0. The third-order valence-corrected chi connectivity index (χ3v) is 5.69. The minimum absolute atomic E-state index is 0.180. The molecule has 1 aliphatic heterocycles. The lowest BCUT2D eigenvalue weighted by Crippen LogP contribution is -2.38. The molecule has 0 aliphatic carbocycles. The molecule has 0 atom stereocenters. The van der Waals surface area contributed by atoms with Crippen LogP contribution in [0.4, 0.5) is 0 Å². The van der Waals surface area contributed by atoms with Gasteiger partial charge in [-0.05, 0) is 19.8 Å². The first-order valence-corrected chi connectivity index (χ1v) is 9.25. The van der Waals surface area contributed by atoms with Gasteiger partial charge < -0.3 is 9.42 Å². The van der Waals surface area contributed by atoms with Crippen LogP contribution in [0.3, 0.4) is 0 Å². The van der Waals surface area contributed by atoms with E-state index in [1.54, 1.807) is 17.9 Å². The van der Waals surface area contributed by atoms with E-state index in [-0.39, 0.29) is 17.4 Å². The highest BCUT2D eigenvalue weighted by Gasteiger charge is 2.27. The third kappa shape index (κ3) is 4.07. The summed E-state index contributed by atoms with van der Waals surface area (Å²) in [6, 6.07) is 1.60. The van der Waals surface area contributed by atoms with E-state index in [1.807, 2.05) is 6.92 Å². The minimum atomic E-state index is -3.22. The lowest BCUT2D eigenvalue weighted by atomic mass is 10.3. The van der Waals surface area contributed by atoms with Gasteiger partial charge in [-0.15, -0.1) is 0 Å². The molecular weight excluding hydrogens is 306 g/mol. The van der Waals surface area contributed by atoms with Crippen LogP contribution in [-0.2, 0) is 10.0 Å². The number of hydrogen-bond acceptors (Lipinski definition) is 5. The summed E-state index contributed by atoms with van der Waals surface area (Å²) in [4.78, 5) is 14.0. The van der Waals surface area contributed by atoms with Gasteiger partial charge >= 0.3 is 0 Å². The molecule has 7 nitrogen and oxygen atoms in total. The van der Waals surface area contributed by atoms with Gasteiger partial charge in [0.2, 0.25) is 10.0 Å². The highest BCUT2D eigenvalue weighted by Crippen LogP contribution is 2.13. The lowest BCUT2D eigenvalue weighted by Gasteiger charge is -2.21. The highest BCUT2D eigenvalue weighted by atomic mass is 32.2. The maximum Gasteiger partial charge on any atom is 0.276 e.